The average molecular weight is 234 g/mol. The van der Waals surface area contributed by atoms with Crippen molar-refractivity contribution in [2.45, 2.75) is 0 Å². The molecule has 5 heteroatoms. The molecule has 2 aliphatic rings. The zero-order valence-corrected chi connectivity index (χ0v) is 9.68. The molecule has 0 aliphatic carbocycles. The summed E-state index contributed by atoms with van der Waals surface area (Å²) in [6, 6.07) is 5.65. The number of likely N-dealkylation sites (N-methyl/N-ethyl adjacent to an activating group) is 1. The van der Waals surface area contributed by atoms with E-state index in [2.05, 4.69) is 0 Å². The van der Waals surface area contributed by atoms with Crippen LogP contribution in [0.4, 0.5) is 10.5 Å². The number of rotatable bonds is 1. The van der Waals surface area contributed by atoms with E-state index in [0.717, 1.165) is 30.3 Å². The first-order valence-corrected chi connectivity index (χ1v) is 5.68. The van der Waals surface area contributed by atoms with Crippen molar-refractivity contribution in [1.29, 1.82) is 0 Å². The van der Waals surface area contributed by atoms with Gasteiger partial charge >= 0.3 is 6.03 Å². The summed E-state index contributed by atoms with van der Waals surface area (Å²) >= 11 is 0. The summed E-state index contributed by atoms with van der Waals surface area (Å²) in [5, 5.41) is 0. The maximum absolute atomic E-state index is 11.9. The number of nitrogens with zero attached hydrogens (tertiary/aromatic N) is 2. The number of benzene rings is 1. The van der Waals surface area contributed by atoms with Crippen LogP contribution >= 0.6 is 0 Å². The highest BCUT2D eigenvalue weighted by atomic mass is 16.6. The molecule has 0 saturated carbocycles. The number of amides is 2. The molecule has 5 nitrogen and oxygen atoms in total. The van der Waals surface area contributed by atoms with E-state index in [-0.39, 0.29) is 6.03 Å². The Kier molecular flexibility index (Phi) is 2.31. The van der Waals surface area contributed by atoms with Crippen molar-refractivity contribution in [2.24, 2.45) is 0 Å². The molecule has 0 spiro atoms. The molecule has 1 saturated heterocycles. The van der Waals surface area contributed by atoms with Crippen LogP contribution < -0.4 is 14.4 Å². The lowest BCUT2D eigenvalue weighted by molar-refractivity contribution is 0.171. The Morgan fingerprint density at radius 3 is 2.59 bits per heavy atom. The number of ether oxygens (including phenoxy) is 2. The van der Waals surface area contributed by atoms with Gasteiger partial charge in [0.2, 0.25) is 0 Å². The van der Waals surface area contributed by atoms with E-state index in [4.69, 9.17) is 9.47 Å². The molecule has 0 aromatic heterocycles. The SMILES string of the molecule is CN1CCN(c2ccc3c(c2)OCCO3)C1=O. The van der Waals surface area contributed by atoms with Crippen LogP contribution in [-0.2, 0) is 0 Å². The van der Waals surface area contributed by atoms with Gasteiger partial charge in [0.15, 0.2) is 11.5 Å². The van der Waals surface area contributed by atoms with Gasteiger partial charge in [0.25, 0.3) is 0 Å². The van der Waals surface area contributed by atoms with Gasteiger partial charge in [0.05, 0.1) is 0 Å². The zero-order valence-electron chi connectivity index (χ0n) is 9.68. The van der Waals surface area contributed by atoms with Gasteiger partial charge in [0, 0.05) is 31.9 Å². The van der Waals surface area contributed by atoms with Crippen LogP contribution in [0.3, 0.4) is 0 Å². The highest BCUT2D eigenvalue weighted by Crippen LogP contribution is 2.34. The molecule has 2 heterocycles. The molecule has 0 radical (unpaired) electrons. The van der Waals surface area contributed by atoms with E-state index < -0.39 is 0 Å². The summed E-state index contributed by atoms with van der Waals surface area (Å²) < 4.78 is 11.0. The predicted octanol–water partition coefficient (Wildman–Crippen LogP) is 1.33. The standard InChI is InChI=1S/C12H14N2O3/c1-13-4-5-14(12(13)15)9-2-3-10-11(8-9)17-7-6-16-10/h2-3,8H,4-7H2,1H3. The van der Waals surface area contributed by atoms with E-state index in [0.29, 0.717) is 13.2 Å². The van der Waals surface area contributed by atoms with E-state index in [1.165, 1.54) is 0 Å². The van der Waals surface area contributed by atoms with Gasteiger partial charge in [-0.1, -0.05) is 0 Å². The summed E-state index contributed by atoms with van der Waals surface area (Å²) in [5.74, 6) is 1.47. The number of fused-ring (bicyclic) bond motifs is 1. The fourth-order valence-corrected chi connectivity index (χ4v) is 2.09. The minimum atomic E-state index is 0.0293. The topological polar surface area (TPSA) is 42.0 Å². The number of carbonyl (C=O) groups excluding carboxylic acids is 1. The zero-order chi connectivity index (χ0) is 11.8. The van der Waals surface area contributed by atoms with Gasteiger partial charge < -0.3 is 14.4 Å². The van der Waals surface area contributed by atoms with Crippen molar-refractivity contribution in [3.8, 4) is 11.5 Å². The molecular formula is C12H14N2O3. The van der Waals surface area contributed by atoms with Gasteiger partial charge in [-0.2, -0.15) is 0 Å². The fourth-order valence-electron chi connectivity index (χ4n) is 2.09. The van der Waals surface area contributed by atoms with Crippen molar-refractivity contribution in [3.63, 3.8) is 0 Å². The molecule has 1 aromatic carbocycles. The molecule has 0 bridgehead atoms. The lowest BCUT2D eigenvalue weighted by Crippen LogP contribution is -2.29. The third-order valence-corrected chi connectivity index (χ3v) is 3.05. The summed E-state index contributed by atoms with van der Waals surface area (Å²) in [7, 11) is 1.81. The normalized spacial score (nSPS) is 18.8. The molecule has 0 unspecified atom stereocenters. The van der Waals surface area contributed by atoms with Gasteiger partial charge in [-0.3, -0.25) is 4.90 Å². The molecule has 0 atom stereocenters. The van der Waals surface area contributed by atoms with Crippen LogP contribution in [0.5, 0.6) is 11.5 Å². The van der Waals surface area contributed by atoms with Crippen LogP contribution in [0.2, 0.25) is 0 Å². The lowest BCUT2D eigenvalue weighted by Gasteiger charge is -2.21. The van der Waals surface area contributed by atoms with Crippen LogP contribution in [-0.4, -0.2) is 44.3 Å². The third kappa shape index (κ3) is 1.67. The van der Waals surface area contributed by atoms with E-state index in [1.54, 1.807) is 16.8 Å². The van der Waals surface area contributed by atoms with Crippen molar-refractivity contribution in [2.75, 3.05) is 38.3 Å². The Hall–Kier alpha value is -1.91. The Bertz CT molecular complexity index is 461. The molecule has 2 amide bonds. The molecule has 17 heavy (non-hydrogen) atoms. The van der Waals surface area contributed by atoms with E-state index in [9.17, 15) is 4.79 Å². The van der Waals surface area contributed by atoms with Crippen molar-refractivity contribution >= 4 is 11.7 Å². The monoisotopic (exact) mass is 234 g/mol. The summed E-state index contributed by atoms with van der Waals surface area (Å²) in [4.78, 5) is 15.3. The van der Waals surface area contributed by atoms with Crippen molar-refractivity contribution < 1.29 is 14.3 Å². The maximum atomic E-state index is 11.9. The number of urea groups is 1. The Balaban J connectivity index is 1.91. The van der Waals surface area contributed by atoms with Crippen LogP contribution in [0.1, 0.15) is 0 Å². The fraction of sp³-hybridized carbons (Fsp3) is 0.417. The molecule has 90 valence electrons. The van der Waals surface area contributed by atoms with E-state index >= 15 is 0 Å². The first-order chi connectivity index (χ1) is 8.25. The minimum Gasteiger partial charge on any atom is -0.486 e. The van der Waals surface area contributed by atoms with Crippen molar-refractivity contribution in [3.05, 3.63) is 18.2 Å². The largest absolute Gasteiger partial charge is 0.486 e. The Morgan fingerprint density at radius 2 is 1.88 bits per heavy atom. The van der Waals surface area contributed by atoms with Gasteiger partial charge in [0.1, 0.15) is 13.2 Å². The highest BCUT2D eigenvalue weighted by molar-refractivity contribution is 5.94. The number of anilines is 1. The van der Waals surface area contributed by atoms with E-state index in [1.807, 2.05) is 18.2 Å². The smallest absolute Gasteiger partial charge is 0.324 e. The maximum Gasteiger partial charge on any atom is 0.324 e. The minimum absolute atomic E-state index is 0.0293. The van der Waals surface area contributed by atoms with Gasteiger partial charge in [-0.25, -0.2) is 4.79 Å². The Labute approximate surface area is 99.5 Å². The second kappa shape index (κ2) is 3.84. The Morgan fingerprint density at radius 1 is 1.12 bits per heavy atom. The second-order valence-electron chi connectivity index (χ2n) is 4.18. The molecular weight excluding hydrogens is 220 g/mol. The van der Waals surface area contributed by atoms with Crippen LogP contribution in [0.25, 0.3) is 0 Å². The van der Waals surface area contributed by atoms with Gasteiger partial charge in [-0.15, -0.1) is 0 Å². The first kappa shape index (κ1) is 10.3. The van der Waals surface area contributed by atoms with Crippen LogP contribution in [0, 0.1) is 0 Å². The summed E-state index contributed by atoms with van der Waals surface area (Å²) in [6.45, 7) is 2.62. The summed E-state index contributed by atoms with van der Waals surface area (Å²) in [5.41, 5.74) is 0.864. The molecule has 1 fully saturated rings. The lowest BCUT2D eigenvalue weighted by atomic mass is 10.2. The number of hydrogen-bond donors (Lipinski definition) is 0. The molecule has 1 aromatic rings. The number of carbonyl (C=O) groups is 1. The molecule has 3 rings (SSSR count). The van der Waals surface area contributed by atoms with Crippen molar-refractivity contribution in [1.82, 2.24) is 4.90 Å². The predicted molar refractivity (Wildman–Crippen MR) is 62.8 cm³/mol. The molecule has 0 N–H and O–H groups in total. The first-order valence-electron chi connectivity index (χ1n) is 5.68. The van der Waals surface area contributed by atoms with Gasteiger partial charge in [-0.05, 0) is 12.1 Å². The second-order valence-corrected chi connectivity index (χ2v) is 4.18. The molecule has 2 aliphatic heterocycles. The summed E-state index contributed by atoms with van der Waals surface area (Å²) in [6.07, 6.45) is 0. The number of hydrogen-bond acceptors (Lipinski definition) is 3. The highest BCUT2D eigenvalue weighted by Gasteiger charge is 2.27. The third-order valence-electron chi connectivity index (χ3n) is 3.05. The van der Waals surface area contributed by atoms with Crippen LogP contribution in [0.15, 0.2) is 18.2 Å². The quantitative estimate of drug-likeness (QED) is 0.736. The average Bonchev–Trinajstić information content (AvgIpc) is 2.70.